The molecule has 110 valence electrons. The van der Waals surface area contributed by atoms with Crippen LogP contribution < -0.4 is 10.5 Å². The van der Waals surface area contributed by atoms with Gasteiger partial charge in [-0.1, -0.05) is 11.6 Å². The van der Waals surface area contributed by atoms with Crippen molar-refractivity contribution in [1.82, 2.24) is 4.72 Å². The van der Waals surface area contributed by atoms with Crippen LogP contribution in [0.25, 0.3) is 0 Å². The monoisotopic (exact) mass is 298 g/mol. The Hall–Kier alpha value is -1.40. The van der Waals surface area contributed by atoms with Crippen molar-refractivity contribution in [3.63, 3.8) is 0 Å². The quantitative estimate of drug-likeness (QED) is 0.648. The van der Waals surface area contributed by atoms with Crippen LogP contribution in [-0.4, -0.2) is 15.0 Å². The number of nitrogens with two attached hydrogens (primary N) is 1. The Morgan fingerprint density at radius 1 is 1.40 bits per heavy atom. The fraction of sp³-hybridized carbons (Fsp3) is 0.429. The average molecular weight is 298 g/mol. The lowest BCUT2D eigenvalue weighted by molar-refractivity contribution is 0.574. The third-order valence-electron chi connectivity index (χ3n) is 3.48. The van der Waals surface area contributed by atoms with E-state index in [2.05, 4.69) is 10.8 Å². The van der Waals surface area contributed by atoms with E-state index in [1.165, 1.54) is 18.6 Å². The molecule has 0 saturated heterocycles. The Morgan fingerprint density at radius 3 is 2.80 bits per heavy atom. The molecular weight excluding hydrogens is 279 g/mol. The van der Waals surface area contributed by atoms with Crippen molar-refractivity contribution in [2.45, 2.75) is 37.5 Å². The molecule has 0 heterocycles. The van der Waals surface area contributed by atoms with Crippen molar-refractivity contribution >= 4 is 15.7 Å². The van der Waals surface area contributed by atoms with Crippen LogP contribution in [0.4, 0.5) is 10.1 Å². The minimum atomic E-state index is -3.72. The van der Waals surface area contributed by atoms with Gasteiger partial charge in [0.25, 0.3) is 0 Å². The van der Waals surface area contributed by atoms with Crippen molar-refractivity contribution in [2.75, 3.05) is 12.3 Å². The highest BCUT2D eigenvalue weighted by Crippen LogP contribution is 2.23. The molecule has 0 spiro atoms. The summed E-state index contributed by atoms with van der Waals surface area (Å²) in [4.78, 5) is -0.0876. The van der Waals surface area contributed by atoms with Crippen molar-refractivity contribution in [3.8, 4) is 0 Å². The minimum absolute atomic E-state index is 0.0876. The molecule has 0 radical (unpaired) electrons. The van der Waals surface area contributed by atoms with Gasteiger partial charge in [0.15, 0.2) is 0 Å². The number of halogens is 1. The first-order chi connectivity index (χ1) is 9.40. The molecule has 1 aromatic rings. The smallest absolute Gasteiger partial charge is 0.241 e. The molecule has 1 aliphatic rings. The van der Waals surface area contributed by atoms with Gasteiger partial charge < -0.3 is 5.73 Å². The molecule has 0 aliphatic heterocycles. The largest absolute Gasteiger partial charge is 0.399 e. The summed E-state index contributed by atoms with van der Waals surface area (Å²) in [7, 11) is -3.72. The van der Waals surface area contributed by atoms with E-state index in [4.69, 9.17) is 5.73 Å². The molecule has 20 heavy (non-hydrogen) atoms. The van der Waals surface area contributed by atoms with Crippen LogP contribution in [0.2, 0.25) is 0 Å². The maximum absolute atomic E-state index is 13.6. The number of nitrogen functional groups attached to an aromatic ring is 1. The van der Waals surface area contributed by atoms with E-state index in [0.717, 1.165) is 25.3 Å². The number of hydrogen-bond acceptors (Lipinski definition) is 3. The van der Waals surface area contributed by atoms with Crippen LogP contribution in [0.3, 0.4) is 0 Å². The SMILES string of the molecule is Cc1c(F)cc(N)cc1S(=O)(=O)NCCC1=CCCC1. The van der Waals surface area contributed by atoms with Crippen LogP contribution >= 0.6 is 0 Å². The highest BCUT2D eigenvalue weighted by molar-refractivity contribution is 7.89. The Bertz CT molecular complexity index is 639. The third-order valence-corrected chi connectivity index (χ3v) is 5.07. The highest BCUT2D eigenvalue weighted by Gasteiger charge is 2.19. The van der Waals surface area contributed by atoms with Gasteiger partial charge in [-0.05, 0) is 44.7 Å². The van der Waals surface area contributed by atoms with E-state index in [-0.39, 0.29) is 16.1 Å². The van der Waals surface area contributed by atoms with E-state index in [0.29, 0.717) is 13.0 Å². The zero-order chi connectivity index (χ0) is 14.8. The van der Waals surface area contributed by atoms with Crippen molar-refractivity contribution in [1.29, 1.82) is 0 Å². The Kier molecular flexibility index (Phi) is 4.45. The summed E-state index contributed by atoms with van der Waals surface area (Å²) in [6.45, 7) is 1.76. The first-order valence-corrected chi connectivity index (χ1v) is 8.11. The summed E-state index contributed by atoms with van der Waals surface area (Å²) in [5.41, 5.74) is 6.99. The lowest BCUT2D eigenvalue weighted by Gasteiger charge is -2.11. The molecule has 4 nitrogen and oxygen atoms in total. The fourth-order valence-corrected chi connectivity index (χ4v) is 3.66. The van der Waals surface area contributed by atoms with E-state index < -0.39 is 15.8 Å². The van der Waals surface area contributed by atoms with E-state index in [1.807, 2.05) is 0 Å². The van der Waals surface area contributed by atoms with Gasteiger partial charge in [-0.25, -0.2) is 17.5 Å². The molecule has 0 fully saturated rings. The van der Waals surface area contributed by atoms with Gasteiger partial charge >= 0.3 is 0 Å². The molecule has 6 heteroatoms. The van der Waals surface area contributed by atoms with Crippen LogP contribution in [-0.2, 0) is 10.0 Å². The first-order valence-electron chi connectivity index (χ1n) is 6.63. The van der Waals surface area contributed by atoms with Gasteiger partial charge in [0, 0.05) is 17.8 Å². The zero-order valence-electron chi connectivity index (χ0n) is 11.4. The fourth-order valence-electron chi connectivity index (χ4n) is 2.34. The minimum Gasteiger partial charge on any atom is -0.399 e. The van der Waals surface area contributed by atoms with Gasteiger partial charge in [-0.3, -0.25) is 0 Å². The predicted molar refractivity (Wildman–Crippen MR) is 77.3 cm³/mol. The summed E-state index contributed by atoms with van der Waals surface area (Å²) >= 11 is 0. The van der Waals surface area contributed by atoms with Crippen molar-refractivity contribution in [2.24, 2.45) is 0 Å². The predicted octanol–water partition coefficient (Wildman–Crippen LogP) is 2.50. The number of nitrogens with one attached hydrogen (secondary N) is 1. The molecule has 2 rings (SSSR count). The summed E-state index contributed by atoms with van der Waals surface area (Å²) in [5.74, 6) is -0.608. The summed E-state index contributed by atoms with van der Waals surface area (Å²) in [5, 5.41) is 0. The zero-order valence-corrected chi connectivity index (χ0v) is 12.3. The second-order valence-corrected chi connectivity index (χ2v) is 6.76. The molecule has 0 bridgehead atoms. The van der Waals surface area contributed by atoms with Gasteiger partial charge in [-0.2, -0.15) is 0 Å². The number of allylic oxidation sites excluding steroid dienone is 1. The number of benzene rings is 1. The second kappa shape index (κ2) is 5.93. The van der Waals surface area contributed by atoms with Gasteiger partial charge in [0.05, 0.1) is 4.90 Å². The lowest BCUT2D eigenvalue weighted by Crippen LogP contribution is -2.26. The highest BCUT2D eigenvalue weighted by atomic mass is 32.2. The molecule has 1 aliphatic carbocycles. The maximum Gasteiger partial charge on any atom is 0.241 e. The molecule has 1 aromatic carbocycles. The Morgan fingerprint density at radius 2 is 2.15 bits per heavy atom. The van der Waals surface area contributed by atoms with Gasteiger partial charge in [0.2, 0.25) is 10.0 Å². The topological polar surface area (TPSA) is 72.2 Å². The van der Waals surface area contributed by atoms with Crippen LogP contribution in [0, 0.1) is 12.7 Å². The molecular formula is C14H19FN2O2S. The van der Waals surface area contributed by atoms with E-state index in [9.17, 15) is 12.8 Å². The number of rotatable bonds is 5. The molecule has 0 saturated carbocycles. The number of sulfonamides is 1. The first kappa shape index (κ1) is 15.0. The number of hydrogen-bond donors (Lipinski definition) is 2. The van der Waals surface area contributed by atoms with E-state index in [1.54, 1.807) is 0 Å². The lowest BCUT2D eigenvalue weighted by atomic mass is 10.2. The molecule has 3 N–H and O–H groups in total. The summed E-state index contributed by atoms with van der Waals surface area (Å²) in [6, 6.07) is 2.41. The van der Waals surface area contributed by atoms with Gasteiger partial charge in [0.1, 0.15) is 5.82 Å². The normalized spacial score (nSPS) is 15.4. The van der Waals surface area contributed by atoms with Crippen molar-refractivity contribution < 1.29 is 12.8 Å². The van der Waals surface area contributed by atoms with Gasteiger partial charge in [-0.15, -0.1) is 0 Å². The Balaban J connectivity index is 2.10. The molecule has 0 amide bonds. The standard InChI is InChI=1S/C14H19FN2O2S/c1-10-13(15)8-12(16)9-14(10)20(18,19)17-7-6-11-4-2-3-5-11/h4,8-9,17H,2-3,5-7,16H2,1H3. The molecule has 0 unspecified atom stereocenters. The second-order valence-electron chi connectivity index (χ2n) is 5.03. The molecule has 0 aromatic heterocycles. The average Bonchev–Trinajstić information content (AvgIpc) is 2.86. The summed E-state index contributed by atoms with van der Waals surface area (Å²) < 4.78 is 40.4. The van der Waals surface area contributed by atoms with Crippen molar-refractivity contribution in [3.05, 3.63) is 35.2 Å². The third kappa shape index (κ3) is 3.37. The maximum atomic E-state index is 13.6. The van der Waals surface area contributed by atoms with Crippen LogP contribution in [0.15, 0.2) is 28.7 Å². The summed E-state index contributed by atoms with van der Waals surface area (Å²) in [6.07, 6.45) is 6.10. The molecule has 0 atom stereocenters. The number of anilines is 1. The van der Waals surface area contributed by atoms with Crippen LogP contribution in [0.1, 0.15) is 31.2 Å². The van der Waals surface area contributed by atoms with E-state index >= 15 is 0 Å². The Labute approximate surface area is 118 Å². The van der Waals surface area contributed by atoms with Crippen LogP contribution in [0.5, 0.6) is 0 Å².